The maximum absolute atomic E-state index is 5.45. The van der Waals surface area contributed by atoms with E-state index >= 15 is 0 Å². The summed E-state index contributed by atoms with van der Waals surface area (Å²) in [6.45, 7) is 4.74. The van der Waals surface area contributed by atoms with Crippen LogP contribution in [0.3, 0.4) is 0 Å². The largest absolute Gasteiger partial charge is 0.370 e. The summed E-state index contributed by atoms with van der Waals surface area (Å²) in [6, 6.07) is 0. The molecule has 68 valence electrons. The minimum absolute atomic E-state index is 0.0533. The van der Waals surface area contributed by atoms with Gasteiger partial charge in [-0.15, -0.1) is 0 Å². The second kappa shape index (κ2) is 4.89. The van der Waals surface area contributed by atoms with Crippen LogP contribution in [0, 0.1) is 0 Å². The number of rotatable bonds is 4. The fraction of sp³-hybridized carbons (Fsp3) is 0.714. The van der Waals surface area contributed by atoms with Gasteiger partial charge < -0.3 is 4.74 Å². The van der Waals surface area contributed by atoms with Gasteiger partial charge in [0.1, 0.15) is 6.10 Å². The Kier molecular flexibility index (Phi) is 4.11. The molecule has 0 saturated heterocycles. The Morgan fingerprint density at radius 1 is 1.58 bits per heavy atom. The first-order valence-corrected chi connectivity index (χ1v) is 5.45. The Morgan fingerprint density at radius 2 is 2.33 bits per heavy atom. The molecule has 0 aromatic carbocycles. The van der Waals surface area contributed by atoms with Crippen LogP contribution in [0.25, 0.3) is 0 Å². The lowest BCUT2D eigenvalue weighted by atomic mass is 10.2. The highest BCUT2D eigenvalue weighted by atomic mass is 79.9. The zero-order valence-corrected chi connectivity index (χ0v) is 9.48. The first-order valence-electron chi connectivity index (χ1n) is 3.88. The van der Waals surface area contributed by atoms with Gasteiger partial charge in [-0.05, 0) is 40.8 Å². The molecule has 0 aliphatic carbocycles. The summed E-state index contributed by atoms with van der Waals surface area (Å²) in [4.78, 5) is 4.20. The van der Waals surface area contributed by atoms with Crippen LogP contribution in [0.2, 0.25) is 0 Å². The first-order chi connectivity index (χ1) is 5.77. The molecule has 1 heterocycles. The first kappa shape index (κ1) is 10.1. The van der Waals surface area contributed by atoms with Crippen molar-refractivity contribution in [3.8, 4) is 0 Å². The molecule has 1 rings (SSSR count). The van der Waals surface area contributed by atoms with Crippen LogP contribution < -0.4 is 0 Å². The van der Waals surface area contributed by atoms with Gasteiger partial charge in [-0.25, -0.2) is 4.98 Å². The maximum atomic E-state index is 5.45. The van der Waals surface area contributed by atoms with E-state index in [4.69, 9.17) is 4.74 Å². The molecule has 1 atom stereocenters. The zero-order chi connectivity index (χ0) is 8.97. The number of halogens is 1. The van der Waals surface area contributed by atoms with E-state index in [0.717, 1.165) is 16.2 Å². The molecule has 0 aliphatic rings. The lowest BCUT2D eigenvalue weighted by molar-refractivity contribution is 0.0543. The maximum Gasteiger partial charge on any atom is 0.179 e. The van der Waals surface area contributed by atoms with E-state index < -0.39 is 0 Å². The van der Waals surface area contributed by atoms with Crippen molar-refractivity contribution in [2.24, 2.45) is 0 Å². The van der Waals surface area contributed by atoms with E-state index in [1.54, 1.807) is 0 Å². The molecule has 1 aromatic heterocycles. The van der Waals surface area contributed by atoms with Crippen LogP contribution >= 0.6 is 27.5 Å². The van der Waals surface area contributed by atoms with Gasteiger partial charge in [-0.3, -0.25) is 0 Å². The van der Waals surface area contributed by atoms with Crippen LogP contribution in [0.5, 0.6) is 0 Å². The monoisotopic (exact) mass is 250 g/mol. The highest BCUT2D eigenvalue weighted by molar-refractivity contribution is 9.11. The van der Waals surface area contributed by atoms with Gasteiger partial charge in [0.15, 0.2) is 9.74 Å². The smallest absolute Gasteiger partial charge is 0.179 e. The van der Waals surface area contributed by atoms with Crippen molar-refractivity contribution in [2.45, 2.75) is 26.4 Å². The molecule has 1 unspecified atom stereocenters. The minimum Gasteiger partial charge on any atom is -0.370 e. The number of ether oxygens (including phenoxy) is 1. The number of nitrogens with zero attached hydrogens (tertiary/aromatic N) is 2. The molecule has 5 heteroatoms. The molecule has 0 radical (unpaired) electrons. The van der Waals surface area contributed by atoms with Gasteiger partial charge >= 0.3 is 0 Å². The van der Waals surface area contributed by atoms with Crippen LogP contribution in [0.1, 0.15) is 32.2 Å². The van der Waals surface area contributed by atoms with Crippen molar-refractivity contribution >= 4 is 27.5 Å². The molecule has 12 heavy (non-hydrogen) atoms. The quantitative estimate of drug-likeness (QED) is 0.825. The number of aromatic nitrogens is 2. The van der Waals surface area contributed by atoms with Crippen LogP contribution in [0.4, 0.5) is 0 Å². The molecule has 3 nitrogen and oxygen atoms in total. The molecular formula is C7H11BrN2OS. The zero-order valence-electron chi connectivity index (χ0n) is 7.08. The Labute approximate surface area is 84.5 Å². The summed E-state index contributed by atoms with van der Waals surface area (Å²) in [6.07, 6.45) is 0.967. The van der Waals surface area contributed by atoms with Crippen molar-refractivity contribution < 1.29 is 4.74 Å². The average Bonchev–Trinajstić information content (AvgIpc) is 2.47. The lowest BCUT2D eigenvalue weighted by Gasteiger charge is -2.09. The van der Waals surface area contributed by atoms with Crippen molar-refractivity contribution in [1.82, 2.24) is 9.36 Å². The fourth-order valence-corrected chi connectivity index (χ4v) is 1.78. The minimum atomic E-state index is 0.0533. The van der Waals surface area contributed by atoms with Crippen molar-refractivity contribution in [3.05, 3.63) is 9.74 Å². The Hall–Kier alpha value is -0.0000000000000000555. The summed E-state index contributed by atoms with van der Waals surface area (Å²) < 4.78 is 10.4. The Morgan fingerprint density at radius 3 is 2.75 bits per heavy atom. The van der Waals surface area contributed by atoms with Crippen LogP contribution in [-0.2, 0) is 4.74 Å². The molecule has 0 bridgehead atoms. The molecule has 0 amide bonds. The van der Waals surface area contributed by atoms with Gasteiger partial charge in [0.05, 0.1) is 0 Å². The van der Waals surface area contributed by atoms with Crippen molar-refractivity contribution in [2.75, 3.05) is 6.61 Å². The third kappa shape index (κ3) is 2.50. The summed E-state index contributed by atoms with van der Waals surface area (Å²) in [5.41, 5.74) is 0. The summed E-state index contributed by atoms with van der Waals surface area (Å²) in [5.74, 6) is 0.788. The lowest BCUT2D eigenvalue weighted by Crippen LogP contribution is -2.04. The summed E-state index contributed by atoms with van der Waals surface area (Å²) in [7, 11) is 0. The van der Waals surface area contributed by atoms with Gasteiger partial charge in [0, 0.05) is 6.61 Å². The van der Waals surface area contributed by atoms with Crippen molar-refractivity contribution in [3.63, 3.8) is 0 Å². The van der Waals surface area contributed by atoms with Crippen LogP contribution in [-0.4, -0.2) is 16.0 Å². The van der Waals surface area contributed by atoms with Gasteiger partial charge in [-0.2, -0.15) is 4.37 Å². The second-order valence-corrected chi connectivity index (χ2v) is 4.29. The predicted molar refractivity (Wildman–Crippen MR) is 52.3 cm³/mol. The van der Waals surface area contributed by atoms with Crippen LogP contribution in [0.15, 0.2) is 3.92 Å². The highest BCUT2D eigenvalue weighted by Crippen LogP contribution is 2.21. The Bertz CT molecular complexity index is 241. The summed E-state index contributed by atoms with van der Waals surface area (Å²) in [5, 5.41) is 0. The Balaban J connectivity index is 2.66. The molecule has 0 aliphatic heterocycles. The van der Waals surface area contributed by atoms with E-state index in [0.29, 0.717) is 6.61 Å². The predicted octanol–water partition coefficient (Wildman–Crippen LogP) is 2.79. The van der Waals surface area contributed by atoms with E-state index in [9.17, 15) is 0 Å². The third-order valence-corrected chi connectivity index (χ3v) is 2.58. The van der Waals surface area contributed by atoms with Gasteiger partial charge in [-0.1, -0.05) is 6.92 Å². The number of hydrogen-bond donors (Lipinski definition) is 0. The molecular weight excluding hydrogens is 240 g/mol. The molecule has 1 aromatic rings. The van der Waals surface area contributed by atoms with Gasteiger partial charge in [0.2, 0.25) is 0 Å². The normalized spacial score (nSPS) is 13.2. The van der Waals surface area contributed by atoms with Crippen molar-refractivity contribution in [1.29, 1.82) is 0 Å². The SMILES string of the molecule is CCOC(CC)c1nsc(Br)n1. The second-order valence-electron chi connectivity index (χ2n) is 2.26. The molecule has 0 N–H and O–H groups in total. The summed E-state index contributed by atoms with van der Waals surface area (Å²) >= 11 is 4.62. The van der Waals surface area contributed by atoms with E-state index in [1.807, 2.05) is 6.92 Å². The molecule has 0 saturated carbocycles. The number of hydrogen-bond acceptors (Lipinski definition) is 4. The molecule has 0 spiro atoms. The standard InChI is InChI=1S/C7H11BrN2OS/c1-3-5(11-4-2)6-9-7(8)12-10-6/h5H,3-4H2,1-2H3. The fourth-order valence-electron chi connectivity index (χ4n) is 0.922. The molecule has 0 fully saturated rings. The van der Waals surface area contributed by atoms with Gasteiger partial charge in [0.25, 0.3) is 0 Å². The van der Waals surface area contributed by atoms with E-state index in [-0.39, 0.29) is 6.10 Å². The van der Waals surface area contributed by atoms with E-state index in [2.05, 4.69) is 32.2 Å². The third-order valence-electron chi connectivity index (χ3n) is 1.44. The van der Waals surface area contributed by atoms with E-state index in [1.165, 1.54) is 11.5 Å². The average molecular weight is 251 g/mol. The topological polar surface area (TPSA) is 35.0 Å². The highest BCUT2D eigenvalue weighted by Gasteiger charge is 2.13.